The van der Waals surface area contributed by atoms with Crippen LogP contribution in [0.25, 0.3) is 11.0 Å². The number of piperazine rings is 1. The van der Waals surface area contributed by atoms with E-state index in [0.717, 1.165) is 75.4 Å². The number of rotatable bonds is 11. The molecule has 3 aromatic heterocycles. The minimum Gasteiger partial charge on any atom is -0.374 e. The van der Waals surface area contributed by atoms with E-state index in [4.69, 9.17) is 4.98 Å². The first-order chi connectivity index (χ1) is 27.5. The number of piperidine rings is 1. The van der Waals surface area contributed by atoms with Gasteiger partial charge in [-0.05, 0) is 75.9 Å². The molecule has 1 atom stereocenters. The van der Waals surface area contributed by atoms with Crippen molar-refractivity contribution in [2.75, 3.05) is 61.4 Å². The molecule has 0 radical (unpaired) electrons. The number of pyridine rings is 2. The summed E-state index contributed by atoms with van der Waals surface area (Å²) in [5, 5.41) is 6.14. The fourth-order valence-corrected chi connectivity index (χ4v) is 8.77. The zero-order valence-corrected chi connectivity index (χ0v) is 32.4. The Morgan fingerprint density at radius 2 is 1.72 bits per heavy atom. The zero-order valence-electron chi connectivity index (χ0n) is 32.4. The van der Waals surface area contributed by atoms with Crippen molar-refractivity contribution in [3.05, 3.63) is 75.3 Å². The van der Waals surface area contributed by atoms with Gasteiger partial charge in [0, 0.05) is 63.8 Å². The van der Waals surface area contributed by atoms with Crippen LogP contribution in [-0.2, 0) is 9.59 Å². The zero-order chi connectivity index (χ0) is 40.0. The van der Waals surface area contributed by atoms with Crippen LogP contribution in [0.4, 0.5) is 23.1 Å². The van der Waals surface area contributed by atoms with Gasteiger partial charge in [0.25, 0.3) is 17.4 Å². The molecule has 0 spiro atoms. The highest BCUT2D eigenvalue weighted by molar-refractivity contribution is 6.25. The van der Waals surface area contributed by atoms with E-state index in [9.17, 15) is 28.8 Å². The van der Waals surface area contributed by atoms with E-state index < -0.39 is 29.7 Å². The maximum Gasteiger partial charge on any atom is 0.264 e. The average Bonchev–Trinajstić information content (AvgIpc) is 3.81. The highest BCUT2D eigenvalue weighted by Gasteiger charge is 2.46. The molecule has 1 unspecified atom stereocenters. The van der Waals surface area contributed by atoms with Crippen molar-refractivity contribution in [1.29, 1.82) is 0 Å². The standard InChI is InChI=1S/C41H46N10O6/c1-24-29-23-43-41(46-36(29)50(26-8-4-5-9-26)39(56)34(24)25(2)52)44-32-14-12-27(22-42-32)49-20-18-48(19-21-49)17-7-16-47(3)30-11-6-10-28-35(30)40(57)51(38(28)55)31-13-15-33(53)45-37(31)54/h6,10-12,14,22-23,26,31H,4-5,7-9,13,15-21H2,1-3H3,(H,45,53,54)(H,42,43,44,46). The number of nitrogens with one attached hydrogen (secondary N) is 2. The minimum atomic E-state index is -1.000. The predicted molar refractivity (Wildman–Crippen MR) is 213 cm³/mol. The van der Waals surface area contributed by atoms with Crippen LogP contribution in [0.15, 0.2) is 47.5 Å². The van der Waals surface area contributed by atoms with Crippen LogP contribution in [0.3, 0.4) is 0 Å². The van der Waals surface area contributed by atoms with Gasteiger partial charge in [-0.3, -0.25) is 48.5 Å². The maximum absolute atomic E-state index is 13.6. The normalized spacial score (nSPS) is 19.0. The summed E-state index contributed by atoms with van der Waals surface area (Å²) in [6, 6.07) is 8.09. The van der Waals surface area contributed by atoms with Gasteiger partial charge < -0.3 is 15.1 Å². The lowest BCUT2D eigenvalue weighted by atomic mass is 10.0. The van der Waals surface area contributed by atoms with Crippen LogP contribution in [0.5, 0.6) is 0 Å². The predicted octanol–water partition coefficient (Wildman–Crippen LogP) is 3.61. The lowest BCUT2D eigenvalue weighted by Crippen LogP contribution is -2.54. The third-order valence-electron chi connectivity index (χ3n) is 11.8. The number of benzene rings is 1. The first-order valence-electron chi connectivity index (χ1n) is 19.7. The number of carbonyl (C=O) groups is 5. The Morgan fingerprint density at radius 1 is 0.947 bits per heavy atom. The lowest BCUT2D eigenvalue weighted by Gasteiger charge is -2.36. The van der Waals surface area contributed by atoms with Gasteiger partial charge in [-0.15, -0.1) is 0 Å². The van der Waals surface area contributed by atoms with E-state index in [1.165, 1.54) is 6.92 Å². The summed E-state index contributed by atoms with van der Waals surface area (Å²) in [5.74, 6) is -1.39. The van der Waals surface area contributed by atoms with E-state index in [1.807, 2.05) is 36.3 Å². The van der Waals surface area contributed by atoms with E-state index >= 15 is 0 Å². The summed E-state index contributed by atoms with van der Waals surface area (Å²) in [6.45, 7) is 8.14. The van der Waals surface area contributed by atoms with Gasteiger partial charge in [0.15, 0.2) is 5.78 Å². The number of aryl methyl sites for hydroxylation is 1. The van der Waals surface area contributed by atoms with Crippen LogP contribution in [-0.4, -0.2) is 111 Å². The molecule has 2 N–H and O–H groups in total. The number of Topliss-reactive ketones (excluding diaryl/α,β-unsaturated/α-hetero) is 1. The highest BCUT2D eigenvalue weighted by Crippen LogP contribution is 2.35. The molecular formula is C41H46N10O6. The van der Waals surface area contributed by atoms with Gasteiger partial charge in [0.05, 0.1) is 34.3 Å². The first kappa shape index (κ1) is 37.9. The first-order valence-corrected chi connectivity index (χ1v) is 19.7. The number of nitrogens with zero attached hydrogens (tertiary/aromatic N) is 8. The maximum atomic E-state index is 13.6. The smallest absolute Gasteiger partial charge is 0.264 e. The largest absolute Gasteiger partial charge is 0.374 e. The van der Waals surface area contributed by atoms with Crippen molar-refractivity contribution in [2.45, 2.75) is 70.9 Å². The van der Waals surface area contributed by atoms with Crippen molar-refractivity contribution in [3.63, 3.8) is 0 Å². The third-order valence-corrected chi connectivity index (χ3v) is 11.8. The summed E-state index contributed by atoms with van der Waals surface area (Å²) in [6.07, 6.45) is 8.35. The van der Waals surface area contributed by atoms with Crippen molar-refractivity contribution in [3.8, 4) is 0 Å². The Morgan fingerprint density at radius 3 is 2.42 bits per heavy atom. The monoisotopic (exact) mass is 774 g/mol. The molecule has 4 aliphatic rings. The molecule has 8 rings (SSSR count). The summed E-state index contributed by atoms with van der Waals surface area (Å²) < 4.78 is 1.70. The second-order valence-electron chi connectivity index (χ2n) is 15.4. The van der Waals surface area contributed by atoms with E-state index in [-0.39, 0.29) is 41.4 Å². The quantitative estimate of drug-likeness (QED) is 0.167. The van der Waals surface area contributed by atoms with Crippen molar-refractivity contribution < 1.29 is 24.0 Å². The minimum absolute atomic E-state index is 0.00236. The molecule has 1 saturated carbocycles. The molecule has 0 bridgehead atoms. The Kier molecular flexibility index (Phi) is 10.3. The third kappa shape index (κ3) is 7.13. The van der Waals surface area contributed by atoms with Crippen LogP contribution in [0.2, 0.25) is 0 Å². The van der Waals surface area contributed by atoms with E-state index in [1.54, 1.807) is 29.8 Å². The van der Waals surface area contributed by atoms with Crippen LogP contribution < -0.4 is 26.0 Å². The summed E-state index contributed by atoms with van der Waals surface area (Å²) in [4.78, 5) is 98.6. The topological polar surface area (TPSA) is 183 Å². The Balaban J connectivity index is 0.855. The number of hydrogen-bond donors (Lipinski definition) is 2. The number of carbonyl (C=O) groups excluding carboxylic acids is 5. The SMILES string of the molecule is CC(=O)c1c(C)c2cnc(Nc3ccc(N4CCN(CCCN(C)c5cccc6c5C(=O)N(C5CCC(=O)NC5=O)C6=O)CC4)cn3)nc2n(C2CCCC2)c1=O. The molecule has 4 amide bonds. The Labute approximate surface area is 329 Å². The van der Waals surface area contributed by atoms with Crippen LogP contribution in [0.1, 0.15) is 94.5 Å². The number of amides is 4. The molecule has 2 saturated heterocycles. The molecule has 16 heteroatoms. The molecular weight excluding hydrogens is 729 g/mol. The molecule has 296 valence electrons. The number of imide groups is 2. The number of ketones is 1. The van der Waals surface area contributed by atoms with E-state index in [2.05, 4.69) is 30.4 Å². The number of anilines is 4. The Bertz CT molecular complexity index is 2350. The molecule has 3 aliphatic heterocycles. The van der Waals surface area contributed by atoms with Gasteiger partial charge in [-0.2, -0.15) is 4.98 Å². The van der Waals surface area contributed by atoms with Gasteiger partial charge in [-0.1, -0.05) is 18.9 Å². The van der Waals surface area contributed by atoms with Crippen molar-refractivity contribution >= 4 is 63.6 Å². The molecule has 6 heterocycles. The van der Waals surface area contributed by atoms with Gasteiger partial charge in [-0.25, -0.2) is 9.97 Å². The molecule has 1 aromatic carbocycles. The molecule has 16 nitrogen and oxygen atoms in total. The number of aromatic nitrogens is 4. The molecule has 1 aliphatic carbocycles. The molecule has 4 aromatic rings. The van der Waals surface area contributed by atoms with Crippen LogP contribution in [0, 0.1) is 6.92 Å². The lowest BCUT2D eigenvalue weighted by molar-refractivity contribution is -0.136. The van der Waals surface area contributed by atoms with Crippen molar-refractivity contribution in [1.82, 2.24) is 34.6 Å². The average molecular weight is 775 g/mol. The fourth-order valence-electron chi connectivity index (χ4n) is 8.77. The fraction of sp³-hybridized carbons (Fsp3) is 0.439. The van der Waals surface area contributed by atoms with Gasteiger partial charge in [0.2, 0.25) is 17.8 Å². The second kappa shape index (κ2) is 15.5. The molecule has 57 heavy (non-hydrogen) atoms. The highest BCUT2D eigenvalue weighted by atomic mass is 16.2. The Hall–Kier alpha value is -6.03. The summed E-state index contributed by atoms with van der Waals surface area (Å²) in [5.41, 5.74) is 3.27. The second-order valence-corrected chi connectivity index (χ2v) is 15.4. The number of hydrogen-bond acceptors (Lipinski definition) is 13. The summed E-state index contributed by atoms with van der Waals surface area (Å²) >= 11 is 0. The number of fused-ring (bicyclic) bond motifs is 2. The van der Waals surface area contributed by atoms with Crippen molar-refractivity contribution in [2.24, 2.45) is 0 Å². The summed E-state index contributed by atoms with van der Waals surface area (Å²) in [7, 11) is 1.90. The van der Waals surface area contributed by atoms with Crippen LogP contribution >= 0.6 is 0 Å². The van der Waals surface area contributed by atoms with Gasteiger partial charge >= 0.3 is 0 Å². The van der Waals surface area contributed by atoms with Gasteiger partial charge in [0.1, 0.15) is 17.5 Å². The molecule has 3 fully saturated rings. The van der Waals surface area contributed by atoms with E-state index in [0.29, 0.717) is 46.2 Å².